The van der Waals surface area contributed by atoms with Gasteiger partial charge in [0.1, 0.15) is 6.10 Å². The lowest BCUT2D eigenvalue weighted by atomic mass is 9.53. The zero-order chi connectivity index (χ0) is 18.5. The minimum absolute atomic E-state index is 0.350. The SMILES string of the molecule is CCCC1C2(C)OC(=N)C1(C#N)C(C#N)(C#N)C(c1ccc(Br)s1)O2. The molecule has 0 aromatic carbocycles. The lowest BCUT2D eigenvalue weighted by Gasteiger charge is -2.48. The molecule has 0 amide bonds. The van der Waals surface area contributed by atoms with E-state index in [4.69, 9.17) is 14.9 Å². The third-order valence-corrected chi connectivity index (χ3v) is 6.81. The first-order valence-corrected chi connectivity index (χ1v) is 9.41. The first kappa shape index (κ1) is 17.9. The van der Waals surface area contributed by atoms with Crippen molar-refractivity contribution in [1.82, 2.24) is 0 Å². The second kappa shape index (κ2) is 5.81. The van der Waals surface area contributed by atoms with Crippen molar-refractivity contribution in [2.45, 2.75) is 38.6 Å². The monoisotopic (exact) mass is 418 g/mol. The number of halogens is 1. The fourth-order valence-corrected chi connectivity index (χ4v) is 5.56. The second-order valence-electron chi connectivity index (χ2n) is 6.38. The minimum Gasteiger partial charge on any atom is -0.448 e. The highest BCUT2D eigenvalue weighted by molar-refractivity contribution is 9.11. The summed E-state index contributed by atoms with van der Waals surface area (Å²) in [5.41, 5.74) is -3.53. The molecule has 4 unspecified atom stereocenters. The Bertz CT molecular complexity index is 849. The highest BCUT2D eigenvalue weighted by Crippen LogP contribution is 2.67. The van der Waals surface area contributed by atoms with Crippen LogP contribution < -0.4 is 0 Å². The van der Waals surface area contributed by atoms with Crippen molar-refractivity contribution < 1.29 is 9.47 Å². The summed E-state index contributed by atoms with van der Waals surface area (Å²) in [5.74, 6) is -2.14. The Kier molecular flexibility index (Phi) is 4.16. The van der Waals surface area contributed by atoms with Gasteiger partial charge in [0, 0.05) is 11.8 Å². The molecule has 2 saturated heterocycles. The molecule has 3 heterocycles. The third-order valence-electron chi connectivity index (χ3n) is 5.14. The van der Waals surface area contributed by atoms with Crippen molar-refractivity contribution in [2.24, 2.45) is 16.7 Å². The molecule has 2 aliphatic rings. The summed E-state index contributed by atoms with van der Waals surface area (Å²) < 4.78 is 12.7. The summed E-state index contributed by atoms with van der Waals surface area (Å²) >= 11 is 4.71. The number of nitriles is 3. The Hall–Kier alpha value is -1.92. The average Bonchev–Trinajstić information content (AvgIpc) is 3.08. The maximum Gasteiger partial charge on any atom is 0.214 e. The van der Waals surface area contributed by atoms with Gasteiger partial charge in [-0.25, -0.2) is 0 Å². The summed E-state index contributed by atoms with van der Waals surface area (Å²) in [4.78, 5) is 0.647. The third kappa shape index (κ3) is 2.04. The molecule has 128 valence electrons. The van der Waals surface area contributed by atoms with E-state index in [9.17, 15) is 15.8 Å². The summed E-state index contributed by atoms with van der Waals surface area (Å²) in [6.07, 6.45) is 0.254. The predicted octanol–water partition coefficient (Wildman–Crippen LogP) is 4.27. The fraction of sp³-hybridized carbons (Fsp3) is 0.529. The number of fused-ring (bicyclic) bond motifs is 2. The van der Waals surface area contributed by atoms with Gasteiger partial charge in [-0.15, -0.1) is 11.3 Å². The molecule has 2 fully saturated rings. The molecule has 0 aliphatic carbocycles. The quantitative estimate of drug-likeness (QED) is 0.786. The molecule has 25 heavy (non-hydrogen) atoms. The summed E-state index contributed by atoms with van der Waals surface area (Å²) in [5, 5.41) is 38.5. The number of hydrogen-bond acceptors (Lipinski definition) is 7. The first-order chi connectivity index (χ1) is 11.8. The van der Waals surface area contributed by atoms with Gasteiger partial charge in [-0.05, 0) is 34.5 Å². The van der Waals surface area contributed by atoms with Crippen LogP contribution >= 0.6 is 27.3 Å². The Balaban J connectivity index is 2.31. The van der Waals surface area contributed by atoms with Gasteiger partial charge in [-0.3, -0.25) is 5.41 Å². The Labute approximate surface area is 158 Å². The van der Waals surface area contributed by atoms with Crippen LogP contribution in [-0.2, 0) is 9.47 Å². The van der Waals surface area contributed by atoms with E-state index in [0.717, 1.165) is 3.79 Å². The first-order valence-electron chi connectivity index (χ1n) is 7.80. The van der Waals surface area contributed by atoms with Crippen LogP contribution in [0.3, 0.4) is 0 Å². The van der Waals surface area contributed by atoms with Gasteiger partial charge in [0.25, 0.3) is 0 Å². The van der Waals surface area contributed by atoms with Gasteiger partial charge in [0.15, 0.2) is 5.41 Å². The maximum atomic E-state index is 10.1. The van der Waals surface area contributed by atoms with E-state index < -0.39 is 28.6 Å². The largest absolute Gasteiger partial charge is 0.448 e. The van der Waals surface area contributed by atoms with Crippen LogP contribution in [0.5, 0.6) is 0 Å². The number of hydrogen-bond donors (Lipinski definition) is 1. The Morgan fingerprint density at radius 3 is 2.44 bits per heavy atom. The lowest BCUT2D eigenvalue weighted by molar-refractivity contribution is -0.273. The lowest BCUT2D eigenvalue weighted by Crippen LogP contribution is -2.58. The minimum atomic E-state index is -1.86. The van der Waals surface area contributed by atoms with Gasteiger partial charge in [0.05, 0.1) is 27.9 Å². The molecule has 4 atom stereocenters. The number of nitrogens with zero attached hydrogens (tertiary/aromatic N) is 3. The van der Waals surface area contributed by atoms with Crippen molar-refractivity contribution in [2.75, 3.05) is 0 Å². The predicted molar refractivity (Wildman–Crippen MR) is 93.2 cm³/mol. The van der Waals surface area contributed by atoms with Gasteiger partial charge in [-0.1, -0.05) is 13.3 Å². The maximum absolute atomic E-state index is 10.1. The second-order valence-corrected chi connectivity index (χ2v) is 8.87. The highest BCUT2D eigenvalue weighted by Gasteiger charge is 2.79. The molecule has 0 saturated carbocycles. The zero-order valence-corrected chi connectivity index (χ0v) is 16.1. The Morgan fingerprint density at radius 1 is 1.28 bits per heavy atom. The Morgan fingerprint density at radius 2 is 1.96 bits per heavy atom. The van der Waals surface area contributed by atoms with Crippen LogP contribution in [0, 0.1) is 56.2 Å². The molecule has 1 aromatic heterocycles. The van der Waals surface area contributed by atoms with Crippen LogP contribution in [0.15, 0.2) is 15.9 Å². The molecule has 2 bridgehead atoms. The van der Waals surface area contributed by atoms with Crippen LogP contribution in [0.2, 0.25) is 0 Å². The van der Waals surface area contributed by atoms with Crippen LogP contribution in [-0.4, -0.2) is 11.7 Å². The molecule has 6 nitrogen and oxygen atoms in total. The van der Waals surface area contributed by atoms with Crippen LogP contribution in [0.4, 0.5) is 0 Å². The van der Waals surface area contributed by atoms with E-state index >= 15 is 0 Å². The van der Waals surface area contributed by atoms with E-state index in [1.165, 1.54) is 11.3 Å². The number of thiophene rings is 1. The average molecular weight is 419 g/mol. The molecular formula is C17H15BrN4O2S. The van der Waals surface area contributed by atoms with Gasteiger partial charge in [-0.2, -0.15) is 15.8 Å². The molecule has 1 N–H and O–H groups in total. The van der Waals surface area contributed by atoms with Crippen molar-refractivity contribution >= 4 is 33.2 Å². The van der Waals surface area contributed by atoms with E-state index in [1.807, 2.05) is 19.1 Å². The van der Waals surface area contributed by atoms with E-state index in [-0.39, 0.29) is 5.90 Å². The zero-order valence-electron chi connectivity index (χ0n) is 13.7. The van der Waals surface area contributed by atoms with E-state index in [0.29, 0.717) is 17.7 Å². The van der Waals surface area contributed by atoms with Crippen molar-refractivity contribution in [3.8, 4) is 18.2 Å². The highest BCUT2D eigenvalue weighted by atomic mass is 79.9. The summed E-state index contributed by atoms with van der Waals surface area (Å²) in [6.45, 7) is 3.63. The van der Waals surface area contributed by atoms with Crippen LogP contribution in [0.25, 0.3) is 0 Å². The van der Waals surface area contributed by atoms with Crippen molar-refractivity contribution in [1.29, 1.82) is 21.2 Å². The molecule has 8 heteroatoms. The molecule has 3 rings (SSSR count). The van der Waals surface area contributed by atoms with Gasteiger partial charge < -0.3 is 9.47 Å². The standard InChI is InChI=1S/C17H15BrN4O2S/c1-3-4-11-15(2)23-13(10-5-6-12(18)25-10)16(7-19,8-20)17(11,9-21)14(22)24-15/h5-6,11,13,22H,3-4H2,1-2H3. The van der Waals surface area contributed by atoms with Crippen molar-refractivity contribution in [3.05, 3.63) is 20.8 Å². The molecule has 1 aromatic rings. The van der Waals surface area contributed by atoms with Crippen LogP contribution in [0.1, 0.15) is 37.7 Å². The van der Waals surface area contributed by atoms with E-state index in [1.54, 1.807) is 19.1 Å². The fourth-order valence-electron chi connectivity index (χ4n) is 4.04. The number of ether oxygens (including phenoxy) is 2. The summed E-state index contributed by atoms with van der Waals surface area (Å²) in [6, 6.07) is 9.79. The number of rotatable bonds is 3. The van der Waals surface area contributed by atoms with Crippen molar-refractivity contribution in [3.63, 3.8) is 0 Å². The smallest absolute Gasteiger partial charge is 0.214 e. The van der Waals surface area contributed by atoms with Gasteiger partial charge >= 0.3 is 0 Å². The molecule has 0 spiro atoms. The molecule has 2 aliphatic heterocycles. The summed E-state index contributed by atoms with van der Waals surface area (Å²) in [7, 11) is 0. The molecule has 0 radical (unpaired) electrons. The van der Waals surface area contributed by atoms with Gasteiger partial charge in [0.2, 0.25) is 17.1 Å². The topological polar surface area (TPSA) is 114 Å². The normalized spacial score (nSPS) is 35.3. The van der Waals surface area contributed by atoms with E-state index in [2.05, 4.69) is 22.0 Å². The molecular weight excluding hydrogens is 404 g/mol. The number of nitrogens with one attached hydrogen (secondary N) is 1.